The predicted molar refractivity (Wildman–Crippen MR) is 256 cm³/mol. The number of H-pyrrole nitrogens is 1. The van der Waals surface area contributed by atoms with Crippen LogP contribution in [-0.4, -0.2) is 91.9 Å². The van der Waals surface area contributed by atoms with Gasteiger partial charge in [0.15, 0.2) is 17.3 Å². The van der Waals surface area contributed by atoms with Crippen molar-refractivity contribution in [1.29, 1.82) is 0 Å². The first kappa shape index (κ1) is 46.7. The number of rotatable bonds is 12. The molecule has 10 rings (SSSR count). The van der Waals surface area contributed by atoms with Crippen molar-refractivity contribution in [2.45, 2.75) is 63.5 Å². The van der Waals surface area contributed by atoms with E-state index >= 15 is 0 Å². The number of aryl methyl sites for hydroxylation is 2. The van der Waals surface area contributed by atoms with Crippen molar-refractivity contribution in [2.75, 3.05) is 47.6 Å². The number of likely N-dealkylation sites (N-methyl/N-ethyl adjacent to an activating group) is 1. The maximum atomic E-state index is 13.2. The molecule has 5 heterocycles. The Kier molecular flexibility index (Phi) is 14.7. The number of ether oxygens (including phenoxy) is 3. The van der Waals surface area contributed by atoms with Crippen LogP contribution in [0.5, 0.6) is 11.5 Å². The van der Waals surface area contributed by atoms with Crippen LogP contribution in [0.1, 0.15) is 62.9 Å². The van der Waals surface area contributed by atoms with Crippen LogP contribution in [0, 0.1) is 18.7 Å². The molecule has 348 valence electrons. The molecule has 0 bridgehead atoms. The number of fused-ring (bicyclic) bond motifs is 5. The number of aromatic nitrogens is 4. The van der Waals surface area contributed by atoms with Crippen molar-refractivity contribution < 1.29 is 31.8 Å². The Morgan fingerprint density at radius 2 is 1.76 bits per heavy atom. The molecule has 3 unspecified atom stereocenters. The number of aromatic amines is 1. The molecule has 15 heteroatoms. The molecule has 3 N–H and O–H groups in total. The summed E-state index contributed by atoms with van der Waals surface area (Å²) in [6.07, 6.45) is 9.62. The molecule has 1 fully saturated rings. The van der Waals surface area contributed by atoms with Gasteiger partial charge in [0.2, 0.25) is 16.8 Å². The number of nitrogens with zero attached hydrogens (tertiary/aromatic N) is 4. The number of Topliss-reactive ketones (excluding diaryl/α,β-unsaturated/α-hetero) is 1. The molecule has 66 heavy (non-hydrogen) atoms. The van der Waals surface area contributed by atoms with Gasteiger partial charge in [0.1, 0.15) is 11.6 Å². The standard InChI is InChI=1S/C19H20FNO3.C18H19N3O.C14H21N3O2S/c20-15-4-2-14(3-5-15)16-7-8-21-10-19(16)22-11-13-1-6-17-18(9-13)24-12-23-17;1-12-19-9-10-21(12)11-13-7-8-16-17(18(13)22)14-5-3-4-6-15(14)20(16)2;1-15-20(18,19)10-11-4-5-14-13(8-11)12(9-16-14)6-7-17(2)3/h1-6,9,16,19,21H,7-8,10-12H2;3-6,9-10,13H,7-8,11H2,1-2H3;4-5,8-9,15-16H,6-7,10H2,1-3H3. The highest BCUT2D eigenvalue weighted by Crippen LogP contribution is 2.36. The fourth-order valence-electron chi connectivity index (χ4n) is 9.16. The van der Waals surface area contributed by atoms with E-state index in [0.717, 1.165) is 113 Å². The smallest absolute Gasteiger partial charge is 0.231 e. The van der Waals surface area contributed by atoms with Crippen LogP contribution < -0.4 is 19.5 Å². The summed E-state index contributed by atoms with van der Waals surface area (Å²) in [5, 5.41) is 5.58. The van der Waals surface area contributed by atoms with Crippen molar-refractivity contribution in [2.24, 2.45) is 13.0 Å². The molecule has 3 aromatic heterocycles. The second-order valence-electron chi connectivity index (χ2n) is 17.5. The number of hydrogen-bond donors (Lipinski definition) is 3. The summed E-state index contributed by atoms with van der Waals surface area (Å²) in [4.78, 5) is 22.7. The zero-order chi connectivity index (χ0) is 46.4. The fourth-order valence-corrected chi connectivity index (χ4v) is 9.92. The summed E-state index contributed by atoms with van der Waals surface area (Å²) >= 11 is 0. The van der Waals surface area contributed by atoms with Gasteiger partial charge in [-0.15, -0.1) is 0 Å². The molecule has 7 aromatic rings. The molecular formula is C51H60FN7O6S. The minimum atomic E-state index is -3.23. The number of ketones is 1. The number of piperidine rings is 1. The first-order valence-corrected chi connectivity index (χ1v) is 24.2. The maximum Gasteiger partial charge on any atom is 0.231 e. The summed E-state index contributed by atoms with van der Waals surface area (Å²) in [6, 6.07) is 26.6. The number of halogens is 1. The number of imidazole rings is 1. The zero-order valence-electron chi connectivity index (χ0n) is 38.3. The number of para-hydroxylation sites is 1. The van der Waals surface area contributed by atoms with Crippen LogP contribution in [0.4, 0.5) is 4.39 Å². The lowest BCUT2D eigenvalue weighted by molar-refractivity contribution is 0.0105. The first-order chi connectivity index (χ1) is 31.9. The van der Waals surface area contributed by atoms with Gasteiger partial charge in [-0.3, -0.25) is 4.79 Å². The molecule has 3 atom stereocenters. The van der Waals surface area contributed by atoms with Gasteiger partial charge in [0.25, 0.3) is 0 Å². The fraction of sp³-hybridized carbons (Fsp3) is 0.373. The average molecular weight is 918 g/mol. The van der Waals surface area contributed by atoms with Gasteiger partial charge >= 0.3 is 0 Å². The van der Waals surface area contributed by atoms with E-state index < -0.39 is 10.0 Å². The van der Waals surface area contributed by atoms with E-state index in [4.69, 9.17) is 14.2 Å². The minimum absolute atomic E-state index is 0.0116. The Balaban J connectivity index is 0.000000135. The second-order valence-corrected chi connectivity index (χ2v) is 19.4. The van der Waals surface area contributed by atoms with Gasteiger partial charge in [-0.1, -0.05) is 42.5 Å². The van der Waals surface area contributed by atoms with E-state index in [1.165, 1.54) is 30.4 Å². The lowest BCUT2D eigenvalue weighted by Crippen LogP contribution is -2.40. The van der Waals surface area contributed by atoms with E-state index in [0.29, 0.717) is 6.61 Å². The molecule has 0 radical (unpaired) electrons. The minimum Gasteiger partial charge on any atom is -0.454 e. The number of carbonyl (C=O) groups is 1. The number of hydrogen-bond acceptors (Lipinski definition) is 9. The number of benzene rings is 4. The summed E-state index contributed by atoms with van der Waals surface area (Å²) in [5.74, 6) is 2.94. The molecule has 1 aliphatic carbocycles. The normalized spacial score (nSPS) is 17.9. The summed E-state index contributed by atoms with van der Waals surface area (Å²) in [7, 11) is 4.35. The highest BCUT2D eigenvalue weighted by Gasteiger charge is 2.32. The van der Waals surface area contributed by atoms with Crippen LogP contribution in [-0.2, 0) is 53.6 Å². The Morgan fingerprint density at radius 1 is 0.970 bits per heavy atom. The lowest BCUT2D eigenvalue weighted by Gasteiger charge is -2.32. The molecule has 3 aliphatic rings. The lowest BCUT2D eigenvalue weighted by atomic mass is 9.85. The highest BCUT2D eigenvalue weighted by molar-refractivity contribution is 7.88. The van der Waals surface area contributed by atoms with Crippen LogP contribution >= 0.6 is 0 Å². The Labute approximate surface area is 386 Å². The molecule has 0 amide bonds. The van der Waals surface area contributed by atoms with E-state index in [1.807, 2.05) is 94.1 Å². The quantitative estimate of drug-likeness (QED) is 0.113. The molecular weight excluding hydrogens is 858 g/mol. The molecule has 2 aliphatic heterocycles. The van der Waals surface area contributed by atoms with Gasteiger partial charge in [0.05, 0.1) is 18.5 Å². The molecule has 1 saturated heterocycles. The third kappa shape index (κ3) is 10.9. The van der Waals surface area contributed by atoms with Crippen LogP contribution in [0.15, 0.2) is 104 Å². The third-order valence-electron chi connectivity index (χ3n) is 12.9. The summed E-state index contributed by atoms with van der Waals surface area (Å²) < 4.78 is 59.9. The molecule has 13 nitrogen and oxygen atoms in total. The van der Waals surface area contributed by atoms with Gasteiger partial charge < -0.3 is 38.5 Å². The van der Waals surface area contributed by atoms with Crippen molar-refractivity contribution in [1.82, 2.24) is 34.0 Å². The van der Waals surface area contributed by atoms with E-state index in [2.05, 4.69) is 53.2 Å². The SMILES string of the molecule is CNS(=O)(=O)Cc1ccc2[nH]cc(CCN(C)C)c2c1.Cc1nccn1CC1CCc2c(c3ccccc3n2C)C1=O.Fc1ccc(C2CCNCC2OCc2ccc3c(c2)OCO3)cc1. The van der Waals surface area contributed by atoms with Crippen LogP contribution in [0.3, 0.4) is 0 Å². The predicted octanol–water partition coefficient (Wildman–Crippen LogP) is 7.67. The second kappa shape index (κ2) is 20.8. The number of sulfonamides is 1. The molecule has 0 saturated carbocycles. The molecule has 4 aromatic carbocycles. The zero-order valence-corrected chi connectivity index (χ0v) is 39.2. The van der Waals surface area contributed by atoms with Crippen molar-refractivity contribution in [3.63, 3.8) is 0 Å². The van der Waals surface area contributed by atoms with E-state index in [1.54, 1.807) is 6.20 Å². The summed E-state index contributed by atoms with van der Waals surface area (Å²) in [6.45, 7) is 6.22. The van der Waals surface area contributed by atoms with Gasteiger partial charge in [0, 0.05) is 90.2 Å². The first-order valence-electron chi connectivity index (χ1n) is 22.6. The van der Waals surface area contributed by atoms with Crippen molar-refractivity contribution in [3.8, 4) is 11.5 Å². The Bertz CT molecular complexity index is 2890. The number of carbonyl (C=O) groups excluding carboxylic acids is 1. The summed E-state index contributed by atoms with van der Waals surface area (Å²) in [5.41, 5.74) is 8.54. The molecule has 0 spiro atoms. The van der Waals surface area contributed by atoms with Crippen molar-refractivity contribution in [3.05, 3.63) is 149 Å². The van der Waals surface area contributed by atoms with E-state index in [-0.39, 0.29) is 42.1 Å². The van der Waals surface area contributed by atoms with Crippen molar-refractivity contribution >= 4 is 37.6 Å². The highest BCUT2D eigenvalue weighted by atomic mass is 32.2. The van der Waals surface area contributed by atoms with Gasteiger partial charge in [-0.2, -0.15) is 0 Å². The third-order valence-corrected chi connectivity index (χ3v) is 14.2. The van der Waals surface area contributed by atoms with Gasteiger partial charge in [-0.05, 0) is 125 Å². The maximum absolute atomic E-state index is 13.2. The van der Waals surface area contributed by atoms with Crippen LogP contribution in [0.2, 0.25) is 0 Å². The largest absolute Gasteiger partial charge is 0.454 e. The monoisotopic (exact) mass is 917 g/mol. The van der Waals surface area contributed by atoms with Crippen LogP contribution in [0.25, 0.3) is 21.8 Å². The van der Waals surface area contributed by atoms with Gasteiger partial charge in [-0.25, -0.2) is 22.5 Å². The Hall–Kier alpha value is -5.84. The topological polar surface area (TPSA) is 145 Å². The number of nitrogens with one attached hydrogen (secondary N) is 3. The average Bonchev–Trinajstić information content (AvgIpc) is 4.12. The Morgan fingerprint density at radius 3 is 2.53 bits per heavy atom. The van der Waals surface area contributed by atoms with E-state index in [9.17, 15) is 17.6 Å².